The number of methoxy groups -OCH3 is 1. The summed E-state index contributed by atoms with van der Waals surface area (Å²) >= 11 is 0. The fourth-order valence-corrected chi connectivity index (χ4v) is 2.90. The summed E-state index contributed by atoms with van der Waals surface area (Å²) in [4.78, 5) is 15.4. The predicted molar refractivity (Wildman–Crippen MR) is 93.7 cm³/mol. The number of rotatable bonds is 8. The number of carbonyl (C=O) groups excluding carboxylic acids is 1. The molecule has 0 N–H and O–H groups in total. The van der Waals surface area contributed by atoms with E-state index >= 15 is 0 Å². The molecule has 2 rings (SSSR count). The maximum atomic E-state index is 11.2. The second kappa shape index (κ2) is 7.57. The molecule has 0 atom stereocenters. The first kappa shape index (κ1) is 17.4. The molecule has 1 aromatic heterocycles. The van der Waals surface area contributed by atoms with Gasteiger partial charge in [-0.3, -0.25) is 9.36 Å². The lowest BCUT2D eigenvalue weighted by atomic mass is 10.1. The quantitative estimate of drug-likeness (QED) is 0.420. The second-order valence-corrected chi connectivity index (χ2v) is 12.2. The van der Waals surface area contributed by atoms with Gasteiger partial charge in [0.1, 0.15) is 12.5 Å². The van der Waals surface area contributed by atoms with E-state index < -0.39 is 8.07 Å². The van der Waals surface area contributed by atoms with Gasteiger partial charge in [-0.15, -0.1) is 0 Å². The van der Waals surface area contributed by atoms with E-state index in [-0.39, 0.29) is 0 Å². The third-order valence-electron chi connectivity index (χ3n) is 3.59. The molecule has 0 aliphatic heterocycles. The summed E-state index contributed by atoms with van der Waals surface area (Å²) in [5.74, 6) is 1.17. The van der Waals surface area contributed by atoms with Gasteiger partial charge in [0.15, 0.2) is 12.1 Å². The van der Waals surface area contributed by atoms with Crippen LogP contribution in [0.5, 0.6) is 5.75 Å². The normalized spacial score (nSPS) is 11.5. The molecule has 6 heteroatoms. The lowest BCUT2D eigenvalue weighted by Crippen LogP contribution is -2.22. The second-order valence-electron chi connectivity index (χ2n) is 6.62. The Morgan fingerprint density at radius 2 is 1.91 bits per heavy atom. The monoisotopic (exact) mass is 332 g/mol. The fourth-order valence-electron chi connectivity index (χ4n) is 2.15. The number of ether oxygens (including phenoxy) is 2. The molecular weight excluding hydrogens is 308 g/mol. The topological polar surface area (TPSA) is 53.3 Å². The Hall–Kier alpha value is -1.92. The molecule has 0 radical (unpaired) electrons. The SMILES string of the molecule is COc1ccc(-c2cnc(C=O)n2COCC[Si](C)(C)C)cc1. The maximum absolute atomic E-state index is 11.2. The zero-order valence-corrected chi connectivity index (χ0v) is 15.2. The van der Waals surface area contributed by atoms with Crippen molar-refractivity contribution in [2.24, 2.45) is 0 Å². The van der Waals surface area contributed by atoms with Crippen LogP contribution in [0.4, 0.5) is 0 Å². The molecule has 0 spiro atoms. The van der Waals surface area contributed by atoms with Crippen LogP contribution in [0.1, 0.15) is 10.6 Å². The van der Waals surface area contributed by atoms with Crippen LogP contribution in [-0.2, 0) is 11.5 Å². The van der Waals surface area contributed by atoms with Crippen LogP contribution >= 0.6 is 0 Å². The summed E-state index contributed by atoms with van der Waals surface area (Å²) in [5.41, 5.74) is 1.84. The maximum Gasteiger partial charge on any atom is 0.185 e. The molecule has 1 heterocycles. The van der Waals surface area contributed by atoms with Crippen LogP contribution in [0.25, 0.3) is 11.3 Å². The zero-order chi connectivity index (χ0) is 16.9. The minimum atomic E-state index is -1.12. The highest BCUT2D eigenvalue weighted by Crippen LogP contribution is 2.23. The number of carbonyl (C=O) groups is 1. The summed E-state index contributed by atoms with van der Waals surface area (Å²) < 4.78 is 12.8. The van der Waals surface area contributed by atoms with Crippen molar-refractivity contribution in [3.63, 3.8) is 0 Å². The molecule has 23 heavy (non-hydrogen) atoms. The van der Waals surface area contributed by atoms with Crippen LogP contribution in [0, 0.1) is 0 Å². The van der Waals surface area contributed by atoms with Crippen molar-refractivity contribution in [2.45, 2.75) is 32.4 Å². The Morgan fingerprint density at radius 1 is 1.22 bits per heavy atom. The Morgan fingerprint density at radius 3 is 2.48 bits per heavy atom. The van der Waals surface area contributed by atoms with Crippen LogP contribution in [0.3, 0.4) is 0 Å². The van der Waals surface area contributed by atoms with Crippen molar-refractivity contribution >= 4 is 14.4 Å². The molecule has 0 saturated heterocycles. The number of benzene rings is 1. The number of aldehydes is 1. The summed E-state index contributed by atoms with van der Waals surface area (Å²) in [6.45, 7) is 7.97. The smallest absolute Gasteiger partial charge is 0.185 e. The number of imidazole rings is 1. The van der Waals surface area contributed by atoms with Crippen LogP contribution in [0.15, 0.2) is 30.5 Å². The minimum Gasteiger partial charge on any atom is -0.497 e. The number of nitrogens with zero attached hydrogens (tertiary/aromatic N) is 2. The lowest BCUT2D eigenvalue weighted by molar-refractivity contribution is 0.0841. The molecule has 0 bridgehead atoms. The molecule has 5 nitrogen and oxygen atoms in total. The van der Waals surface area contributed by atoms with E-state index in [1.54, 1.807) is 17.9 Å². The van der Waals surface area contributed by atoms with Crippen LogP contribution in [-0.4, -0.2) is 37.6 Å². The number of hydrogen-bond donors (Lipinski definition) is 0. The van der Waals surface area contributed by atoms with E-state index in [2.05, 4.69) is 24.6 Å². The summed E-state index contributed by atoms with van der Waals surface area (Å²) in [6.07, 6.45) is 2.46. The fraction of sp³-hybridized carbons (Fsp3) is 0.412. The number of hydrogen-bond acceptors (Lipinski definition) is 4. The highest BCUT2D eigenvalue weighted by atomic mass is 28.3. The van der Waals surface area contributed by atoms with E-state index in [4.69, 9.17) is 9.47 Å². The molecule has 124 valence electrons. The van der Waals surface area contributed by atoms with E-state index in [0.717, 1.165) is 29.3 Å². The number of aromatic nitrogens is 2. The standard InChI is InChI=1S/C17H24N2O3Si/c1-21-15-7-5-14(6-8-15)16-11-18-17(12-20)19(16)13-22-9-10-23(2,3)4/h5-8,11-12H,9-10,13H2,1-4H3. The van der Waals surface area contributed by atoms with Crippen molar-refractivity contribution in [1.82, 2.24) is 9.55 Å². The minimum absolute atomic E-state index is 0.333. The average molecular weight is 332 g/mol. The lowest BCUT2D eigenvalue weighted by Gasteiger charge is -2.16. The van der Waals surface area contributed by atoms with Gasteiger partial charge in [-0.2, -0.15) is 0 Å². The largest absolute Gasteiger partial charge is 0.497 e. The molecule has 0 aliphatic carbocycles. The van der Waals surface area contributed by atoms with E-state index in [0.29, 0.717) is 19.2 Å². The van der Waals surface area contributed by atoms with Crippen molar-refractivity contribution in [3.05, 3.63) is 36.3 Å². The van der Waals surface area contributed by atoms with Gasteiger partial charge in [-0.25, -0.2) is 4.98 Å². The van der Waals surface area contributed by atoms with Crippen molar-refractivity contribution in [2.75, 3.05) is 13.7 Å². The van der Waals surface area contributed by atoms with Crippen molar-refractivity contribution in [1.29, 1.82) is 0 Å². The molecule has 0 amide bonds. The molecule has 0 unspecified atom stereocenters. The molecule has 0 aliphatic rings. The molecule has 2 aromatic rings. The van der Waals surface area contributed by atoms with E-state index in [9.17, 15) is 4.79 Å². The van der Waals surface area contributed by atoms with Gasteiger partial charge < -0.3 is 9.47 Å². The molecule has 0 fully saturated rings. The molecular formula is C17H24N2O3Si. The van der Waals surface area contributed by atoms with Gasteiger partial charge in [0.05, 0.1) is 19.0 Å². The van der Waals surface area contributed by atoms with Gasteiger partial charge in [0.2, 0.25) is 0 Å². The van der Waals surface area contributed by atoms with Gasteiger partial charge in [0, 0.05) is 20.2 Å². The average Bonchev–Trinajstić information content (AvgIpc) is 2.93. The highest BCUT2D eigenvalue weighted by molar-refractivity contribution is 6.76. The van der Waals surface area contributed by atoms with E-state index in [1.807, 2.05) is 24.3 Å². The Balaban J connectivity index is 2.14. The van der Waals surface area contributed by atoms with Gasteiger partial charge >= 0.3 is 0 Å². The summed E-state index contributed by atoms with van der Waals surface area (Å²) in [6, 6.07) is 8.76. The van der Waals surface area contributed by atoms with Crippen molar-refractivity contribution in [3.8, 4) is 17.0 Å². The predicted octanol–water partition coefficient (Wildman–Crippen LogP) is 3.68. The van der Waals surface area contributed by atoms with Gasteiger partial charge in [-0.1, -0.05) is 19.6 Å². The molecule has 1 aromatic carbocycles. The van der Waals surface area contributed by atoms with Gasteiger partial charge in [0.25, 0.3) is 0 Å². The zero-order valence-electron chi connectivity index (χ0n) is 14.2. The third kappa shape index (κ3) is 4.77. The highest BCUT2D eigenvalue weighted by Gasteiger charge is 2.14. The van der Waals surface area contributed by atoms with Crippen LogP contribution in [0.2, 0.25) is 25.7 Å². The summed E-state index contributed by atoms with van der Waals surface area (Å²) in [5, 5.41) is 0. The Bertz CT molecular complexity index is 645. The van der Waals surface area contributed by atoms with Crippen molar-refractivity contribution < 1.29 is 14.3 Å². The molecule has 0 saturated carbocycles. The summed E-state index contributed by atoms with van der Waals surface area (Å²) in [7, 11) is 0.512. The van der Waals surface area contributed by atoms with Crippen LogP contribution < -0.4 is 4.74 Å². The first-order valence-electron chi connectivity index (χ1n) is 7.67. The first-order valence-corrected chi connectivity index (χ1v) is 11.4. The third-order valence-corrected chi connectivity index (χ3v) is 5.30. The first-order chi connectivity index (χ1) is 10.9. The Labute approximate surface area is 138 Å². The Kier molecular flexibility index (Phi) is 5.73. The van der Waals surface area contributed by atoms with Gasteiger partial charge in [-0.05, 0) is 30.3 Å². The van der Waals surface area contributed by atoms with E-state index in [1.165, 1.54) is 0 Å².